The molecule has 1 heterocycles. The largest absolute Gasteiger partial charge is 0.271 e. The number of nitrogens with two attached hydrogens (primary N) is 1. The number of hydrazine groups is 1. The molecule has 1 aliphatic rings. The molecule has 5 nitrogen and oxygen atoms in total. The van der Waals surface area contributed by atoms with Crippen LogP contribution in [0.5, 0.6) is 0 Å². The number of nitrogens with one attached hydrogen (secondary N) is 1. The van der Waals surface area contributed by atoms with Crippen LogP contribution in [0.1, 0.15) is 51.3 Å². The van der Waals surface area contributed by atoms with E-state index in [-0.39, 0.29) is 0 Å². The predicted molar refractivity (Wildman–Crippen MR) is 71.7 cm³/mol. The zero-order valence-corrected chi connectivity index (χ0v) is 11.3. The van der Waals surface area contributed by atoms with Crippen molar-refractivity contribution < 1.29 is 0 Å². The van der Waals surface area contributed by atoms with Gasteiger partial charge in [-0.2, -0.15) is 5.10 Å². The van der Waals surface area contributed by atoms with Crippen molar-refractivity contribution in [2.24, 2.45) is 11.8 Å². The molecular weight excluding hydrogens is 226 g/mol. The van der Waals surface area contributed by atoms with E-state index in [9.17, 15) is 0 Å². The van der Waals surface area contributed by atoms with Crippen LogP contribution in [0.25, 0.3) is 0 Å². The molecule has 1 atom stereocenters. The van der Waals surface area contributed by atoms with Crippen molar-refractivity contribution in [3.05, 3.63) is 12.2 Å². The Bertz CT molecular complexity index is 343. The van der Waals surface area contributed by atoms with E-state index >= 15 is 0 Å². The summed E-state index contributed by atoms with van der Waals surface area (Å²) in [5.41, 5.74) is 2.93. The van der Waals surface area contributed by atoms with Gasteiger partial charge in [0.05, 0.1) is 0 Å². The molecule has 102 valence electrons. The van der Waals surface area contributed by atoms with Gasteiger partial charge in [-0.3, -0.25) is 16.0 Å². The van der Waals surface area contributed by atoms with Crippen LogP contribution < -0.4 is 11.3 Å². The smallest absolute Gasteiger partial charge is 0.138 e. The molecule has 0 bridgehead atoms. The fraction of sp³-hybridized carbons (Fsp3) is 0.846. The Morgan fingerprint density at radius 3 is 2.94 bits per heavy atom. The molecule has 3 N–H and O–H groups in total. The summed E-state index contributed by atoms with van der Waals surface area (Å²) in [4.78, 5) is 4.31. The summed E-state index contributed by atoms with van der Waals surface area (Å²) in [6.45, 7) is 2.96. The number of hydrogen-bond donors (Lipinski definition) is 2. The van der Waals surface area contributed by atoms with Crippen molar-refractivity contribution in [1.29, 1.82) is 0 Å². The van der Waals surface area contributed by atoms with E-state index in [1.807, 2.05) is 4.68 Å². The maximum Gasteiger partial charge on any atom is 0.138 e. The lowest BCUT2D eigenvalue weighted by atomic mass is 9.97. The van der Waals surface area contributed by atoms with Crippen LogP contribution in [0.4, 0.5) is 0 Å². The SMILES string of the molecule is CCn1ncnc1CC(CCC1CCCC1)NN. The topological polar surface area (TPSA) is 68.8 Å². The van der Waals surface area contributed by atoms with Crippen LogP contribution in [-0.4, -0.2) is 20.8 Å². The minimum absolute atomic E-state index is 0.320. The second-order valence-corrected chi connectivity index (χ2v) is 5.29. The minimum atomic E-state index is 0.320. The van der Waals surface area contributed by atoms with Crippen LogP contribution in [0.2, 0.25) is 0 Å². The number of rotatable bonds is 7. The summed E-state index contributed by atoms with van der Waals surface area (Å²) in [5, 5.41) is 4.20. The molecular formula is C13H25N5. The fourth-order valence-corrected chi connectivity index (χ4v) is 2.91. The first-order valence-electron chi connectivity index (χ1n) is 7.16. The van der Waals surface area contributed by atoms with Gasteiger partial charge in [-0.1, -0.05) is 25.7 Å². The number of aryl methyl sites for hydroxylation is 1. The van der Waals surface area contributed by atoms with E-state index in [2.05, 4.69) is 22.4 Å². The lowest BCUT2D eigenvalue weighted by Gasteiger charge is -2.17. The molecule has 1 aromatic heterocycles. The fourth-order valence-electron chi connectivity index (χ4n) is 2.91. The standard InChI is InChI=1S/C13H25N5/c1-2-18-13(15-10-16-18)9-12(17-14)8-7-11-5-3-4-6-11/h10-12,17H,2-9,14H2,1H3. The molecule has 0 aromatic carbocycles. The summed E-state index contributed by atoms with van der Waals surface area (Å²) in [7, 11) is 0. The van der Waals surface area contributed by atoms with Crippen molar-refractivity contribution in [3.8, 4) is 0 Å². The van der Waals surface area contributed by atoms with Gasteiger partial charge < -0.3 is 0 Å². The van der Waals surface area contributed by atoms with Crippen molar-refractivity contribution in [2.75, 3.05) is 0 Å². The number of aromatic nitrogens is 3. The van der Waals surface area contributed by atoms with Gasteiger partial charge in [-0.25, -0.2) is 4.98 Å². The van der Waals surface area contributed by atoms with Gasteiger partial charge in [-0.15, -0.1) is 0 Å². The molecule has 1 fully saturated rings. The normalized spacial score (nSPS) is 18.3. The first-order chi connectivity index (χ1) is 8.83. The summed E-state index contributed by atoms with van der Waals surface area (Å²) < 4.78 is 1.94. The predicted octanol–water partition coefficient (Wildman–Crippen LogP) is 1.64. The Morgan fingerprint density at radius 1 is 1.50 bits per heavy atom. The van der Waals surface area contributed by atoms with Crippen molar-refractivity contribution in [3.63, 3.8) is 0 Å². The van der Waals surface area contributed by atoms with Gasteiger partial charge in [0.2, 0.25) is 0 Å². The molecule has 5 heteroatoms. The molecule has 0 spiro atoms. The number of hydrogen-bond acceptors (Lipinski definition) is 4. The van der Waals surface area contributed by atoms with Crippen LogP contribution >= 0.6 is 0 Å². The Hall–Kier alpha value is -0.940. The second kappa shape index (κ2) is 6.85. The molecule has 1 aromatic rings. The van der Waals surface area contributed by atoms with Crippen LogP contribution in [0, 0.1) is 5.92 Å². The molecule has 0 saturated heterocycles. The van der Waals surface area contributed by atoms with Crippen LogP contribution in [0.3, 0.4) is 0 Å². The monoisotopic (exact) mass is 251 g/mol. The van der Waals surface area contributed by atoms with E-state index in [4.69, 9.17) is 5.84 Å². The molecule has 1 saturated carbocycles. The van der Waals surface area contributed by atoms with Crippen LogP contribution in [-0.2, 0) is 13.0 Å². The molecule has 0 amide bonds. The zero-order valence-electron chi connectivity index (χ0n) is 11.3. The Labute approximate surface area is 109 Å². The number of nitrogens with zero attached hydrogens (tertiary/aromatic N) is 3. The van der Waals surface area contributed by atoms with E-state index < -0.39 is 0 Å². The first kappa shape index (κ1) is 13.5. The van der Waals surface area contributed by atoms with Gasteiger partial charge in [0.25, 0.3) is 0 Å². The highest BCUT2D eigenvalue weighted by molar-refractivity contribution is 4.89. The van der Waals surface area contributed by atoms with Gasteiger partial charge in [-0.05, 0) is 25.7 Å². The van der Waals surface area contributed by atoms with Crippen molar-refractivity contribution in [1.82, 2.24) is 20.2 Å². The molecule has 2 rings (SSSR count). The van der Waals surface area contributed by atoms with Gasteiger partial charge >= 0.3 is 0 Å². The molecule has 1 unspecified atom stereocenters. The first-order valence-corrected chi connectivity index (χ1v) is 7.16. The van der Waals surface area contributed by atoms with E-state index in [0.29, 0.717) is 6.04 Å². The summed E-state index contributed by atoms with van der Waals surface area (Å²) in [5.74, 6) is 7.61. The van der Waals surface area contributed by atoms with Gasteiger partial charge in [0.1, 0.15) is 12.2 Å². The highest BCUT2D eigenvalue weighted by Gasteiger charge is 2.18. The third kappa shape index (κ3) is 3.53. The van der Waals surface area contributed by atoms with Gasteiger partial charge in [0, 0.05) is 19.0 Å². The van der Waals surface area contributed by atoms with Crippen LogP contribution in [0.15, 0.2) is 6.33 Å². The Kier molecular flexibility index (Phi) is 5.13. The maximum atomic E-state index is 5.66. The van der Waals surface area contributed by atoms with Gasteiger partial charge in [0.15, 0.2) is 0 Å². The van der Waals surface area contributed by atoms with Crippen molar-refractivity contribution in [2.45, 2.75) is 64.5 Å². The average Bonchev–Trinajstić information content (AvgIpc) is 3.05. The second-order valence-electron chi connectivity index (χ2n) is 5.29. The van der Waals surface area contributed by atoms with E-state index in [1.54, 1.807) is 6.33 Å². The van der Waals surface area contributed by atoms with Crippen molar-refractivity contribution >= 4 is 0 Å². The zero-order chi connectivity index (χ0) is 12.8. The van der Waals surface area contributed by atoms with E-state index in [0.717, 1.165) is 31.1 Å². The third-order valence-corrected chi connectivity index (χ3v) is 4.06. The molecule has 1 aliphatic carbocycles. The average molecular weight is 251 g/mol. The maximum absolute atomic E-state index is 5.66. The highest BCUT2D eigenvalue weighted by Crippen LogP contribution is 2.29. The third-order valence-electron chi connectivity index (χ3n) is 4.06. The summed E-state index contributed by atoms with van der Waals surface area (Å²) in [6, 6.07) is 0.320. The summed E-state index contributed by atoms with van der Waals surface area (Å²) >= 11 is 0. The lowest BCUT2D eigenvalue weighted by molar-refractivity contribution is 0.398. The molecule has 0 radical (unpaired) electrons. The molecule has 0 aliphatic heterocycles. The lowest BCUT2D eigenvalue weighted by Crippen LogP contribution is -2.37. The quantitative estimate of drug-likeness (QED) is 0.571. The Morgan fingerprint density at radius 2 is 2.28 bits per heavy atom. The van der Waals surface area contributed by atoms with E-state index in [1.165, 1.54) is 32.1 Å². The minimum Gasteiger partial charge on any atom is -0.271 e. The summed E-state index contributed by atoms with van der Waals surface area (Å²) in [6.07, 6.45) is 10.6. The Balaban J connectivity index is 1.81. The highest BCUT2D eigenvalue weighted by atomic mass is 15.3. The molecule has 18 heavy (non-hydrogen) atoms.